The maximum absolute atomic E-state index is 11.2. The lowest BCUT2D eigenvalue weighted by atomic mass is 10.4. The summed E-state index contributed by atoms with van der Waals surface area (Å²) in [6.45, 7) is 1.18. The van der Waals surface area contributed by atoms with Crippen molar-refractivity contribution in [2.75, 3.05) is 7.11 Å². The standard InChI is InChI=1S/C9H9BrO5/c1-5(11)14-4-6-3-7(13-2)8(10)9(12)15-6/h3H,4H2,1-2H3. The van der Waals surface area contributed by atoms with Gasteiger partial charge >= 0.3 is 11.6 Å². The zero-order valence-electron chi connectivity index (χ0n) is 8.20. The van der Waals surface area contributed by atoms with E-state index in [2.05, 4.69) is 20.7 Å². The first-order valence-corrected chi connectivity index (χ1v) is 4.83. The molecule has 0 spiro atoms. The fraction of sp³-hybridized carbons (Fsp3) is 0.333. The fourth-order valence-corrected chi connectivity index (χ4v) is 1.25. The van der Waals surface area contributed by atoms with Gasteiger partial charge in [0.05, 0.1) is 7.11 Å². The van der Waals surface area contributed by atoms with Gasteiger partial charge in [-0.25, -0.2) is 4.79 Å². The van der Waals surface area contributed by atoms with Crippen molar-refractivity contribution in [3.8, 4) is 5.75 Å². The third kappa shape index (κ3) is 3.09. The average molecular weight is 277 g/mol. The Morgan fingerprint density at radius 2 is 2.27 bits per heavy atom. The Bertz CT molecular complexity index is 423. The van der Waals surface area contributed by atoms with Crippen molar-refractivity contribution in [1.82, 2.24) is 0 Å². The summed E-state index contributed by atoms with van der Waals surface area (Å²) < 4.78 is 14.7. The molecule has 0 unspecified atom stereocenters. The third-order valence-corrected chi connectivity index (χ3v) is 2.26. The Balaban J connectivity index is 2.96. The first kappa shape index (κ1) is 11.8. The van der Waals surface area contributed by atoms with Gasteiger partial charge in [-0.3, -0.25) is 4.79 Å². The lowest BCUT2D eigenvalue weighted by molar-refractivity contribution is -0.142. The van der Waals surface area contributed by atoms with Crippen LogP contribution in [-0.2, 0) is 16.1 Å². The monoisotopic (exact) mass is 276 g/mol. The number of rotatable bonds is 3. The second-order valence-electron chi connectivity index (χ2n) is 2.66. The lowest BCUT2D eigenvalue weighted by Gasteiger charge is -2.04. The summed E-state index contributed by atoms with van der Waals surface area (Å²) in [5, 5.41) is 0. The minimum Gasteiger partial charge on any atom is -0.495 e. The van der Waals surface area contributed by atoms with Crippen molar-refractivity contribution >= 4 is 21.9 Å². The van der Waals surface area contributed by atoms with E-state index in [1.165, 1.54) is 20.1 Å². The molecule has 0 amide bonds. The number of ether oxygens (including phenoxy) is 2. The van der Waals surface area contributed by atoms with Crippen LogP contribution in [0.2, 0.25) is 0 Å². The molecule has 0 aliphatic rings. The Hall–Kier alpha value is -1.30. The number of halogens is 1. The van der Waals surface area contributed by atoms with Crippen LogP contribution in [0, 0.1) is 0 Å². The van der Waals surface area contributed by atoms with Gasteiger partial charge in [-0.15, -0.1) is 0 Å². The van der Waals surface area contributed by atoms with Crippen molar-refractivity contribution < 1.29 is 18.7 Å². The van der Waals surface area contributed by atoms with Gasteiger partial charge in [-0.2, -0.15) is 0 Å². The molecule has 0 saturated carbocycles. The van der Waals surface area contributed by atoms with E-state index in [4.69, 9.17) is 9.15 Å². The molecule has 0 saturated heterocycles. The van der Waals surface area contributed by atoms with Gasteiger partial charge in [-0.05, 0) is 15.9 Å². The fourth-order valence-electron chi connectivity index (χ4n) is 0.896. The number of methoxy groups -OCH3 is 1. The van der Waals surface area contributed by atoms with Crippen LogP contribution in [-0.4, -0.2) is 13.1 Å². The van der Waals surface area contributed by atoms with Crippen molar-refractivity contribution in [2.24, 2.45) is 0 Å². The molecule has 0 aliphatic carbocycles. The van der Waals surface area contributed by atoms with Crippen LogP contribution in [0.5, 0.6) is 5.75 Å². The SMILES string of the molecule is COc1cc(COC(C)=O)oc(=O)c1Br. The molecule has 6 heteroatoms. The van der Waals surface area contributed by atoms with E-state index < -0.39 is 11.6 Å². The molecular weight excluding hydrogens is 268 g/mol. The molecule has 1 heterocycles. The highest BCUT2D eigenvalue weighted by Crippen LogP contribution is 2.21. The van der Waals surface area contributed by atoms with Crippen LogP contribution in [0.25, 0.3) is 0 Å². The van der Waals surface area contributed by atoms with Crippen LogP contribution < -0.4 is 10.4 Å². The van der Waals surface area contributed by atoms with Crippen LogP contribution in [0.15, 0.2) is 19.8 Å². The van der Waals surface area contributed by atoms with Crippen LogP contribution in [0.1, 0.15) is 12.7 Å². The highest BCUT2D eigenvalue weighted by molar-refractivity contribution is 9.10. The topological polar surface area (TPSA) is 65.7 Å². The molecule has 1 aromatic rings. The van der Waals surface area contributed by atoms with Crippen molar-refractivity contribution in [1.29, 1.82) is 0 Å². The predicted octanol–water partition coefficient (Wildman–Crippen LogP) is 1.47. The van der Waals surface area contributed by atoms with Gasteiger partial charge in [0.25, 0.3) is 0 Å². The Morgan fingerprint density at radius 1 is 1.60 bits per heavy atom. The normalized spacial score (nSPS) is 9.80. The molecule has 0 N–H and O–H groups in total. The number of carbonyl (C=O) groups is 1. The molecule has 15 heavy (non-hydrogen) atoms. The van der Waals surface area contributed by atoms with Gasteiger partial charge in [0, 0.05) is 13.0 Å². The highest BCUT2D eigenvalue weighted by Gasteiger charge is 2.10. The maximum atomic E-state index is 11.2. The number of hydrogen-bond donors (Lipinski definition) is 0. The van der Waals surface area contributed by atoms with Crippen molar-refractivity contribution in [3.63, 3.8) is 0 Å². The van der Waals surface area contributed by atoms with Gasteiger partial charge in [0.15, 0.2) is 0 Å². The first-order chi connectivity index (χ1) is 7.04. The zero-order valence-corrected chi connectivity index (χ0v) is 9.79. The minimum atomic E-state index is -0.573. The molecule has 82 valence electrons. The maximum Gasteiger partial charge on any atom is 0.354 e. The molecule has 5 nitrogen and oxygen atoms in total. The lowest BCUT2D eigenvalue weighted by Crippen LogP contribution is -2.07. The summed E-state index contributed by atoms with van der Waals surface area (Å²) in [5.74, 6) is 0.128. The van der Waals surface area contributed by atoms with Crippen LogP contribution >= 0.6 is 15.9 Å². The number of esters is 1. The molecule has 1 aromatic heterocycles. The largest absolute Gasteiger partial charge is 0.495 e. The molecular formula is C9H9BrO5. The average Bonchev–Trinajstić information content (AvgIpc) is 2.19. The van der Waals surface area contributed by atoms with E-state index in [0.29, 0.717) is 5.75 Å². The van der Waals surface area contributed by atoms with Gasteiger partial charge in [0.1, 0.15) is 22.6 Å². The summed E-state index contributed by atoms with van der Waals surface area (Å²) in [7, 11) is 1.43. The van der Waals surface area contributed by atoms with E-state index >= 15 is 0 Å². The summed E-state index contributed by atoms with van der Waals surface area (Å²) >= 11 is 3.02. The quantitative estimate of drug-likeness (QED) is 0.783. The third-order valence-electron chi connectivity index (χ3n) is 1.55. The Labute approximate surface area is 94.1 Å². The molecule has 0 bridgehead atoms. The molecule has 0 aromatic carbocycles. The predicted molar refractivity (Wildman–Crippen MR) is 54.7 cm³/mol. The molecule has 1 rings (SSSR count). The summed E-state index contributed by atoms with van der Waals surface area (Å²) in [5.41, 5.74) is -0.573. The molecule has 0 radical (unpaired) electrons. The molecule has 0 fully saturated rings. The molecule has 0 atom stereocenters. The van der Waals surface area contributed by atoms with Gasteiger partial charge in [-0.1, -0.05) is 0 Å². The second kappa shape index (κ2) is 4.97. The van der Waals surface area contributed by atoms with E-state index in [9.17, 15) is 9.59 Å². The van der Waals surface area contributed by atoms with E-state index in [1.807, 2.05) is 0 Å². The highest BCUT2D eigenvalue weighted by atomic mass is 79.9. The van der Waals surface area contributed by atoms with Crippen LogP contribution in [0.4, 0.5) is 0 Å². The summed E-state index contributed by atoms with van der Waals surface area (Å²) in [6, 6.07) is 1.48. The first-order valence-electron chi connectivity index (χ1n) is 4.04. The van der Waals surface area contributed by atoms with Gasteiger partial charge in [0.2, 0.25) is 0 Å². The summed E-state index contributed by atoms with van der Waals surface area (Å²) in [4.78, 5) is 21.8. The minimum absolute atomic E-state index is 0.0891. The van der Waals surface area contributed by atoms with Crippen LogP contribution in [0.3, 0.4) is 0 Å². The summed E-state index contributed by atoms with van der Waals surface area (Å²) in [6.07, 6.45) is 0. The molecule has 0 aliphatic heterocycles. The second-order valence-corrected chi connectivity index (χ2v) is 3.46. The van der Waals surface area contributed by atoms with Gasteiger partial charge < -0.3 is 13.9 Å². The van der Waals surface area contributed by atoms with E-state index in [-0.39, 0.29) is 16.8 Å². The number of carbonyl (C=O) groups excluding carboxylic acids is 1. The smallest absolute Gasteiger partial charge is 0.354 e. The van der Waals surface area contributed by atoms with E-state index in [1.54, 1.807) is 0 Å². The Kier molecular flexibility index (Phi) is 3.90. The Morgan fingerprint density at radius 3 is 2.80 bits per heavy atom. The van der Waals surface area contributed by atoms with Crippen molar-refractivity contribution in [2.45, 2.75) is 13.5 Å². The zero-order chi connectivity index (χ0) is 11.4. The number of hydrogen-bond acceptors (Lipinski definition) is 5. The van der Waals surface area contributed by atoms with E-state index in [0.717, 1.165) is 0 Å². The van der Waals surface area contributed by atoms with Crippen molar-refractivity contribution in [3.05, 3.63) is 26.7 Å².